The normalized spacial score (nSPS) is 29.9. The lowest BCUT2D eigenvalue weighted by atomic mass is 9.85. The van der Waals surface area contributed by atoms with Crippen molar-refractivity contribution in [2.24, 2.45) is 11.3 Å². The molecule has 4 amide bonds. The molecule has 3 heterocycles. The first-order chi connectivity index (χ1) is 22.2. The first-order valence-electron chi connectivity index (χ1n) is 16.4. The highest BCUT2D eigenvalue weighted by Gasteiger charge is 2.65. The van der Waals surface area contributed by atoms with Crippen LogP contribution < -0.4 is 10.6 Å². The Balaban J connectivity index is 1.43. The summed E-state index contributed by atoms with van der Waals surface area (Å²) in [6, 6.07) is 3.88. The molecule has 256 valence electrons. The number of fused-ring (bicyclic) bond motifs is 3. The highest BCUT2D eigenvalue weighted by Crippen LogP contribution is 2.70. The minimum absolute atomic E-state index is 0.0324. The van der Waals surface area contributed by atoms with Gasteiger partial charge in [0.15, 0.2) is 0 Å². The van der Waals surface area contributed by atoms with E-state index in [0.717, 1.165) is 42.6 Å². The van der Waals surface area contributed by atoms with E-state index in [0.29, 0.717) is 19.5 Å². The van der Waals surface area contributed by atoms with Gasteiger partial charge in [-0.3, -0.25) is 19.1 Å². The number of cyclic esters (lactones) is 1. The van der Waals surface area contributed by atoms with Gasteiger partial charge in [-0.25, -0.2) is 9.59 Å². The third-order valence-corrected chi connectivity index (χ3v) is 12.1. The predicted molar refractivity (Wildman–Crippen MR) is 175 cm³/mol. The first-order valence-corrected chi connectivity index (χ1v) is 18.1. The van der Waals surface area contributed by atoms with E-state index in [4.69, 9.17) is 9.47 Å². The van der Waals surface area contributed by atoms with Gasteiger partial charge in [0.05, 0.1) is 13.2 Å². The zero-order valence-corrected chi connectivity index (χ0v) is 28.4. The third-order valence-electron chi connectivity index (χ3n) is 9.83. The van der Waals surface area contributed by atoms with Gasteiger partial charge in [0.25, 0.3) is 0 Å². The van der Waals surface area contributed by atoms with Crippen molar-refractivity contribution in [2.75, 3.05) is 13.2 Å². The molecule has 1 unspecified atom stereocenters. The molecule has 1 saturated carbocycles. The molecule has 4 bridgehead atoms. The van der Waals surface area contributed by atoms with Crippen LogP contribution in [0.4, 0.5) is 9.59 Å². The number of aryl methyl sites for hydroxylation is 1. The van der Waals surface area contributed by atoms with Gasteiger partial charge >= 0.3 is 12.2 Å². The summed E-state index contributed by atoms with van der Waals surface area (Å²) in [5.74, 6) is -0.730. The lowest BCUT2D eigenvalue weighted by molar-refractivity contribution is -0.142. The van der Waals surface area contributed by atoms with E-state index in [-0.39, 0.29) is 26.0 Å². The predicted octanol–water partition coefficient (Wildman–Crippen LogP) is 4.80. The Morgan fingerprint density at radius 2 is 1.85 bits per heavy atom. The van der Waals surface area contributed by atoms with Crippen LogP contribution in [-0.2, 0) is 43.1 Å². The van der Waals surface area contributed by atoms with Gasteiger partial charge in [-0.2, -0.15) is 0 Å². The van der Waals surface area contributed by atoms with Crippen molar-refractivity contribution in [2.45, 2.75) is 102 Å². The van der Waals surface area contributed by atoms with Crippen molar-refractivity contribution in [1.82, 2.24) is 20.4 Å². The minimum atomic E-state index is -4.05. The van der Waals surface area contributed by atoms with E-state index in [1.807, 2.05) is 12.1 Å². The topological polar surface area (TPSA) is 155 Å². The standard InChI is InChI=1S/C34H47N4O8P/c1-6-24-18-34(24,47(43,44)7-2)36-29(39)27-17-25-20-38(27)30(40)28(33(3,4)5)35-31(41)45-16-11-9-8-10-13-22-14-12-15-23-19-37(21-26(22)23)32(42)46-25/h6-7,12,14-15,24-25,27-28H,1-2,8-11,13,16-21H2,3-5H3,(H,35,41)(H,36,39)(H,43,44)/t24-,25+,27-,28+,34-/m0/s1. The smallest absolute Gasteiger partial charge is 0.410 e. The SMILES string of the molecule is C=C[C@H]1C[C@]1(NC(=O)[C@@H]1C[C@@H]2CN1C(=O)[C@H](C(C)(C)C)NC(=O)OCCCCCCc1cccc3c1CN(C3)C(=O)O2)P(=O)(O)C=C. The Morgan fingerprint density at radius 3 is 2.53 bits per heavy atom. The number of nitrogens with one attached hydrogen (secondary N) is 2. The molecule has 0 aromatic heterocycles. The number of alkyl carbamates (subject to hydrolysis) is 1. The van der Waals surface area contributed by atoms with Crippen LogP contribution >= 0.6 is 7.37 Å². The van der Waals surface area contributed by atoms with Crippen LogP contribution in [0.25, 0.3) is 0 Å². The number of carbonyl (C=O) groups excluding carboxylic acids is 4. The molecular weight excluding hydrogens is 623 g/mol. The van der Waals surface area contributed by atoms with Gasteiger partial charge in [-0.05, 0) is 53.6 Å². The molecule has 47 heavy (non-hydrogen) atoms. The van der Waals surface area contributed by atoms with Gasteiger partial charge < -0.3 is 29.9 Å². The fourth-order valence-corrected chi connectivity index (χ4v) is 8.60. The second-order valence-electron chi connectivity index (χ2n) is 14.2. The Bertz CT molecular complexity index is 1490. The number of nitrogens with zero attached hydrogens (tertiary/aromatic N) is 2. The summed E-state index contributed by atoms with van der Waals surface area (Å²) < 4.78 is 24.5. The van der Waals surface area contributed by atoms with Crippen molar-refractivity contribution in [1.29, 1.82) is 0 Å². The average molecular weight is 671 g/mol. The molecule has 0 radical (unpaired) electrons. The van der Waals surface area contributed by atoms with Crippen LogP contribution in [0.1, 0.15) is 76.0 Å². The summed E-state index contributed by atoms with van der Waals surface area (Å²) in [6.07, 6.45) is 3.88. The molecule has 1 aliphatic carbocycles. The van der Waals surface area contributed by atoms with Crippen LogP contribution in [0.15, 0.2) is 43.3 Å². The Morgan fingerprint density at radius 1 is 1.13 bits per heavy atom. The van der Waals surface area contributed by atoms with Crippen LogP contribution in [-0.4, -0.2) is 75.3 Å². The number of amides is 4. The zero-order valence-electron chi connectivity index (χ0n) is 27.5. The zero-order chi connectivity index (χ0) is 34.1. The summed E-state index contributed by atoms with van der Waals surface area (Å²) in [5.41, 5.74) is 2.60. The van der Waals surface area contributed by atoms with E-state index < -0.39 is 66.2 Å². The molecule has 2 fully saturated rings. The van der Waals surface area contributed by atoms with Gasteiger partial charge in [-0.1, -0.05) is 64.5 Å². The molecule has 13 heteroatoms. The van der Waals surface area contributed by atoms with E-state index in [2.05, 4.69) is 29.9 Å². The van der Waals surface area contributed by atoms with Crippen molar-refractivity contribution in [3.05, 3.63) is 59.9 Å². The fourth-order valence-electron chi connectivity index (χ4n) is 6.96. The molecule has 0 spiro atoms. The van der Waals surface area contributed by atoms with E-state index in [1.54, 1.807) is 25.7 Å². The number of hydrogen-bond acceptors (Lipinski definition) is 7. The maximum absolute atomic E-state index is 14.2. The Labute approximate surface area is 276 Å². The summed E-state index contributed by atoms with van der Waals surface area (Å²) in [5, 5.41) is 3.97. The van der Waals surface area contributed by atoms with Crippen molar-refractivity contribution < 1.29 is 38.1 Å². The second kappa shape index (κ2) is 13.5. The molecular formula is C34H47N4O8P. The number of hydrogen-bond donors (Lipinski definition) is 3. The van der Waals surface area contributed by atoms with Crippen molar-refractivity contribution >= 4 is 31.4 Å². The van der Waals surface area contributed by atoms with Crippen LogP contribution in [0.5, 0.6) is 0 Å². The molecule has 12 nitrogen and oxygen atoms in total. The lowest BCUT2D eigenvalue weighted by Crippen LogP contribution is -2.58. The highest BCUT2D eigenvalue weighted by atomic mass is 31.2. The van der Waals surface area contributed by atoms with Gasteiger partial charge in [0.1, 0.15) is 23.5 Å². The average Bonchev–Trinajstić information content (AvgIpc) is 3.33. The Kier molecular flexibility index (Phi) is 9.94. The van der Waals surface area contributed by atoms with Crippen LogP contribution in [0.3, 0.4) is 0 Å². The highest BCUT2D eigenvalue weighted by molar-refractivity contribution is 7.63. The van der Waals surface area contributed by atoms with E-state index >= 15 is 0 Å². The summed E-state index contributed by atoms with van der Waals surface area (Å²) in [4.78, 5) is 68.2. The quantitative estimate of drug-likeness (QED) is 0.298. The minimum Gasteiger partial charge on any atom is -0.450 e. The van der Waals surface area contributed by atoms with Crippen molar-refractivity contribution in [3.8, 4) is 0 Å². The molecule has 4 aliphatic rings. The van der Waals surface area contributed by atoms with Gasteiger partial charge in [0.2, 0.25) is 19.2 Å². The van der Waals surface area contributed by atoms with Crippen LogP contribution in [0, 0.1) is 11.3 Å². The molecule has 6 atom stereocenters. The summed E-state index contributed by atoms with van der Waals surface area (Å²) in [6.45, 7) is 13.5. The number of rotatable bonds is 5. The largest absolute Gasteiger partial charge is 0.450 e. The molecule has 1 aromatic rings. The molecule has 5 rings (SSSR count). The first kappa shape index (κ1) is 34.7. The van der Waals surface area contributed by atoms with E-state index in [1.165, 1.54) is 16.5 Å². The van der Waals surface area contributed by atoms with Gasteiger partial charge in [0, 0.05) is 25.4 Å². The maximum atomic E-state index is 14.2. The van der Waals surface area contributed by atoms with Crippen LogP contribution in [0.2, 0.25) is 0 Å². The summed E-state index contributed by atoms with van der Waals surface area (Å²) >= 11 is 0. The molecule has 1 aromatic carbocycles. The Hall–Kier alpha value is -3.63. The molecule has 3 aliphatic heterocycles. The number of ether oxygens (including phenoxy) is 2. The second-order valence-corrected chi connectivity index (χ2v) is 16.6. The lowest BCUT2D eigenvalue weighted by Gasteiger charge is -2.35. The monoisotopic (exact) mass is 670 g/mol. The van der Waals surface area contributed by atoms with E-state index in [9.17, 15) is 28.6 Å². The number of benzene rings is 1. The third kappa shape index (κ3) is 7.14. The molecule has 3 N–H and O–H groups in total. The fraction of sp³-hybridized carbons (Fsp3) is 0.588. The summed E-state index contributed by atoms with van der Waals surface area (Å²) in [7, 11) is -4.05. The van der Waals surface area contributed by atoms with Crippen molar-refractivity contribution in [3.63, 3.8) is 0 Å². The maximum Gasteiger partial charge on any atom is 0.410 e. The molecule has 1 saturated heterocycles. The number of carbonyl (C=O) groups is 4. The van der Waals surface area contributed by atoms with Gasteiger partial charge in [-0.15, -0.1) is 6.58 Å².